The minimum atomic E-state index is -0.175. The second-order valence-electron chi connectivity index (χ2n) is 6.37. The summed E-state index contributed by atoms with van der Waals surface area (Å²) in [4.78, 5) is 22.3. The third-order valence-electron chi connectivity index (χ3n) is 4.14. The van der Waals surface area contributed by atoms with Crippen molar-refractivity contribution in [3.63, 3.8) is 0 Å². The van der Waals surface area contributed by atoms with Crippen LogP contribution in [-0.4, -0.2) is 34.9 Å². The quantitative estimate of drug-likeness (QED) is 0.753. The third kappa shape index (κ3) is 4.23. The predicted molar refractivity (Wildman–Crippen MR) is 105 cm³/mol. The zero-order valence-electron chi connectivity index (χ0n) is 15.6. The van der Waals surface area contributed by atoms with E-state index < -0.39 is 0 Å². The Bertz CT molecular complexity index is 938. The summed E-state index contributed by atoms with van der Waals surface area (Å²) >= 11 is 0. The molecular weight excluding hydrogens is 340 g/mol. The van der Waals surface area contributed by atoms with Gasteiger partial charge in [-0.05, 0) is 30.2 Å². The number of hydrogen-bond acceptors (Lipinski definition) is 5. The summed E-state index contributed by atoms with van der Waals surface area (Å²) in [5, 5.41) is 0. The highest BCUT2D eigenvalue weighted by atomic mass is 16.5. The van der Waals surface area contributed by atoms with Crippen LogP contribution in [0.15, 0.2) is 54.6 Å². The van der Waals surface area contributed by atoms with Crippen LogP contribution in [0.4, 0.5) is 5.95 Å². The Balaban J connectivity index is 1.80. The van der Waals surface area contributed by atoms with E-state index in [1.165, 1.54) is 4.90 Å². The van der Waals surface area contributed by atoms with Crippen molar-refractivity contribution < 1.29 is 9.53 Å². The second kappa shape index (κ2) is 7.86. The lowest BCUT2D eigenvalue weighted by Gasteiger charge is -2.16. The molecule has 1 heterocycles. The van der Waals surface area contributed by atoms with Gasteiger partial charge in [-0.25, -0.2) is 9.97 Å². The Kier molecular flexibility index (Phi) is 5.35. The first-order valence-electron chi connectivity index (χ1n) is 8.58. The molecule has 0 aliphatic carbocycles. The van der Waals surface area contributed by atoms with E-state index in [0.29, 0.717) is 22.7 Å². The van der Waals surface area contributed by atoms with Crippen LogP contribution in [0, 0.1) is 6.92 Å². The zero-order chi connectivity index (χ0) is 19.4. The number of aromatic nitrogens is 2. The standard InChI is InChI=1S/C21H22N4O2/c1-14-19(20(26)25(2)3)18(24-21(22)23-14)13-27-17-11-9-16(10-12-17)15-7-5-4-6-8-15/h4-12H,13H2,1-3H3,(H2,22,23,24). The number of carbonyl (C=O) groups excluding carboxylic acids is 1. The fourth-order valence-electron chi connectivity index (χ4n) is 2.79. The number of benzene rings is 2. The number of nitrogens with two attached hydrogens (primary N) is 1. The van der Waals surface area contributed by atoms with E-state index >= 15 is 0 Å². The van der Waals surface area contributed by atoms with Gasteiger partial charge in [-0.1, -0.05) is 42.5 Å². The number of aryl methyl sites for hydroxylation is 1. The fraction of sp³-hybridized carbons (Fsp3) is 0.190. The molecule has 3 rings (SSSR count). The number of hydrogen-bond donors (Lipinski definition) is 1. The molecule has 0 fully saturated rings. The van der Waals surface area contributed by atoms with E-state index in [2.05, 4.69) is 22.1 Å². The molecule has 0 bridgehead atoms. The number of nitrogens with zero attached hydrogens (tertiary/aromatic N) is 3. The summed E-state index contributed by atoms with van der Waals surface area (Å²) in [6.45, 7) is 1.88. The molecule has 138 valence electrons. The summed E-state index contributed by atoms with van der Waals surface area (Å²) in [5.74, 6) is 0.638. The van der Waals surface area contributed by atoms with Gasteiger partial charge in [0.15, 0.2) is 0 Å². The van der Waals surface area contributed by atoms with Crippen LogP contribution in [0.1, 0.15) is 21.7 Å². The van der Waals surface area contributed by atoms with Crippen molar-refractivity contribution >= 4 is 11.9 Å². The Morgan fingerprint density at radius 1 is 1.00 bits per heavy atom. The number of carbonyl (C=O) groups is 1. The third-order valence-corrected chi connectivity index (χ3v) is 4.14. The summed E-state index contributed by atoms with van der Waals surface area (Å²) in [6.07, 6.45) is 0. The second-order valence-corrected chi connectivity index (χ2v) is 6.37. The first-order chi connectivity index (χ1) is 13.0. The maximum atomic E-state index is 12.5. The Labute approximate surface area is 158 Å². The van der Waals surface area contributed by atoms with Gasteiger partial charge in [0, 0.05) is 14.1 Å². The van der Waals surface area contributed by atoms with E-state index in [9.17, 15) is 4.79 Å². The van der Waals surface area contributed by atoms with Crippen molar-refractivity contribution in [3.05, 3.63) is 71.5 Å². The van der Waals surface area contributed by atoms with E-state index in [0.717, 1.165) is 11.1 Å². The highest BCUT2D eigenvalue weighted by Crippen LogP contribution is 2.23. The minimum absolute atomic E-state index is 0.126. The van der Waals surface area contributed by atoms with Crippen molar-refractivity contribution in [2.75, 3.05) is 19.8 Å². The van der Waals surface area contributed by atoms with Crippen molar-refractivity contribution in [1.82, 2.24) is 14.9 Å². The van der Waals surface area contributed by atoms with Gasteiger partial charge in [0.25, 0.3) is 5.91 Å². The van der Waals surface area contributed by atoms with Crippen LogP contribution >= 0.6 is 0 Å². The molecule has 0 unspecified atom stereocenters. The molecule has 0 radical (unpaired) electrons. The molecule has 0 saturated heterocycles. The van der Waals surface area contributed by atoms with Crippen molar-refractivity contribution in [1.29, 1.82) is 0 Å². The van der Waals surface area contributed by atoms with Gasteiger partial charge in [-0.3, -0.25) is 4.79 Å². The van der Waals surface area contributed by atoms with Gasteiger partial charge in [-0.15, -0.1) is 0 Å². The molecule has 6 heteroatoms. The van der Waals surface area contributed by atoms with Gasteiger partial charge < -0.3 is 15.4 Å². The first-order valence-corrected chi connectivity index (χ1v) is 8.58. The van der Waals surface area contributed by atoms with E-state index in [1.807, 2.05) is 42.5 Å². The van der Waals surface area contributed by atoms with Crippen LogP contribution < -0.4 is 10.5 Å². The molecule has 0 aliphatic rings. The van der Waals surface area contributed by atoms with Gasteiger partial charge in [0.05, 0.1) is 17.0 Å². The van der Waals surface area contributed by atoms with Crippen LogP contribution in [0.25, 0.3) is 11.1 Å². The van der Waals surface area contributed by atoms with Gasteiger partial charge >= 0.3 is 0 Å². The first kappa shape index (κ1) is 18.4. The zero-order valence-corrected chi connectivity index (χ0v) is 15.6. The smallest absolute Gasteiger partial charge is 0.257 e. The Morgan fingerprint density at radius 3 is 2.26 bits per heavy atom. The molecule has 3 aromatic rings. The topological polar surface area (TPSA) is 81.3 Å². The van der Waals surface area contributed by atoms with Gasteiger partial charge in [-0.2, -0.15) is 0 Å². The van der Waals surface area contributed by atoms with Gasteiger partial charge in [0.1, 0.15) is 12.4 Å². The molecular formula is C21H22N4O2. The van der Waals surface area contributed by atoms with Crippen LogP contribution in [0.2, 0.25) is 0 Å². The maximum absolute atomic E-state index is 12.5. The summed E-state index contributed by atoms with van der Waals surface area (Å²) in [5.41, 5.74) is 9.45. The lowest BCUT2D eigenvalue weighted by atomic mass is 10.1. The molecule has 1 aromatic heterocycles. The van der Waals surface area contributed by atoms with Gasteiger partial charge in [0.2, 0.25) is 5.95 Å². The Morgan fingerprint density at radius 2 is 1.63 bits per heavy atom. The molecule has 0 saturated carbocycles. The molecule has 0 atom stereocenters. The van der Waals surface area contributed by atoms with E-state index in [1.54, 1.807) is 21.0 Å². The average Bonchev–Trinajstić information content (AvgIpc) is 2.66. The highest BCUT2D eigenvalue weighted by molar-refractivity contribution is 5.96. The van der Waals surface area contributed by atoms with Crippen LogP contribution in [0.3, 0.4) is 0 Å². The summed E-state index contributed by atoms with van der Waals surface area (Å²) in [7, 11) is 3.37. The molecule has 0 aliphatic heterocycles. The molecule has 0 spiro atoms. The summed E-state index contributed by atoms with van der Waals surface area (Å²) in [6, 6.07) is 17.9. The highest BCUT2D eigenvalue weighted by Gasteiger charge is 2.20. The lowest BCUT2D eigenvalue weighted by Crippen LogP contribution is -2.26. The van der Waals surface area contributed by atoms with Crippen LogP contribution in [0.5, 0.6) is 5.75 Å². The SMILES string of the molecule is Cc1nc(N)nc(COc2ccc(-c3ccccc3)cc2)c1C(=O)N(C)C. The molecule has 1 amide bonds. The van der Waals surface area contributed by atoms with E-state index in [4.69, 9.17) is 10.5 Å². The maximum Gasteiger partial charge on any atom is 0.257 e. The summed E-state index contributed by atoms with van der Waals surface area (Å²) < 4.78 is 5.85. The fourth-order valence-corrected chi connectivity index (χ4v) is 2.79. The van der Waals surface area contributed by atoms with Crippen molar-refractivity contribution in [3.8, 4) is 16.9 Å². The van der Waals surface area contributed by atoms with Crippen LogP contribution in [-0.2, 0) is 6.61 Å². The van der Waals surface area contributed by atoms with E-state index in [-0.39, 0.29) is 18.5 Å². The molecule has 2 N–H and O–H groups in total. The van der Waals surface area contributed by atoms with Crippen molar-refractivity contribution in [2.24, 2.45) is 0 Å². The number of amides is 1. The number of ether oxygens (including phenoxy) is 1. The normalized spacial score (nSPS) is 10.5. The number of rotatable bonds is 5. The number of anilines is 1. The molecule has 2 aromatic carbocycles. The average molecular weight is 362 g/mol. The lowest BCUT2D eigenvalue weighted by molar-refractivity contribution is 0.0823. The molecule has 6 nitrogen and oxygen atoms in total. The van der Waals surface area contributed by atoms with Crippen molar-refractivity contribution in [2.45, 2.75) is 13.5 Å². The predicted octanol–water partition coefficient (Wildman–Crippen LogP) is 3.32. The minimum Gasteiger partial charge on any atom is -0.487 e. The number of nitrogen functional groups attached to an aromatic ring is 1. The monoisotopic (exact) mass is 362 g/mol. The Hall–Kier alpha value is -3.41. The molecule has 27 heavy (non-hydrogen) atoms. The largest absolute Gasteiger partial charge is 0.487 e.